The highest BCUT2D eigenvalue weighted by Crippen LogP contribution is 2.17. The van der Waals surface area contributed by atoms with Gasteiger partial charge in [0, 0.05) is 5.50 Å². The van der Waals surface area contributed by atoms with Gasteiger partial charge < -0.3 is 0 Å². The van der Waals surface area contributed by atoms with Crippen molar-refractivity contribution in [2.75, 3.05) is 5.50 Å². The van der Waals surface area contributed by atoms with Gasteiger partial charge in [0.1, 0.15) is 0 Å². The molecule has 2 heteroatoms. The molecule has 0 amide bonds. The van der Waals surface area contributed by atoms with Crippen LogP contribution in [0.15, 0.2) is 60.7 Å². The van der Waals surface area contributed by atoms with Crippen LogP contribution in [0.25, 0.3) is 11.3 Å². The molecule has 0 unspecified atom stereocenters. The molecule has 0 heterocycles. The Bertz CT molecular complexity index is 477. The fraction of sp³-hybridized carbons (Fsp3) is 0.0667. The quantitative estimate of drug-likeness (QED) is 0.447. The number of alkyl halides is 1. The van der Waals surface area contributed by atoms with Gasteiger partial charge in [0.15, 0.2) is 0 Å². The third-order valence-electron chi connectivity index (χ3n) is 2.65. The third kappa shape index (κ3) is 3.58. The predicted molar refractivity (Wildman–Crippen MR) is 80.0 cm³/mol. The van der Waals surface area contributed by atoms with E-state index in [1.807, 2.05) is 12.1 Å². The van der Waals surface area contributed by atoms with Crippen LogP contribution in [-0.4, -0.2) is 15.0 Å². The molecule has 2 aromatic rings. The van der Waals surface area contributed by atoms with Crippen molar-refractivity contribution in [1.29, 1.82) is 0 Å². The molecule has 86 valence electrons. The molecule has 0 saturated heterocycles. The largest absolute Gasteiger partial charge is 0.130 e. The van der Waals surface area contributed by atoms with Gasteiger partial charge in [-0.25, -0.2) is 0 Å². The second kappa shape index (κ2) is 6.43. The molecule has 0 fully saturated rings. The number of rotatable bonds is 4. The number of benzene rings is 2. The van der Waals surface area contributed by atoms with E-state index in [1.165, 1.54) is 16.3 Å². The van der Waals surface area contributed by atoms with Crippen LogP contribution in [0.1, 0.15) is 11.1 Å². The average Bonchev–Trinajstić information content (AvgIpc) is 2.40. The maximum Gasteiger partial charge on any atom is 0.0722 e. The second-order valence-electron chi connectivity index (χ2n) is 3.89. The van der Waals surface area contributed by atoms with Crippen molar-refractivity contribution in [3.8, 4) is 0 Å². The fourth-order valence-corrected chi connectivity index (χ4v) is 3.52. The van der Waals surface area contributed by atoms with Gasteiger partial charge in [-0.1, -0.05) is 71.9 Å². The summed E-state index contributed by atoms with van der Waals surface area (Å²) in [6.07, 6.45) is 2.27. The predicted octanol–water partition coefficient (Wildman–Crippen LogP) is 3.55. The van der Waals surface area contributed by atoms with Crippen LogP contribution >= 0.6 is 11.6 Å². The molecule has 0 saturated carbocycles. The fourth-order valence-electron chi connectivity index (χ4n) is 1.80. The molecule has 0 bridgehead atoms. The molecule has 0 aromatic heterocycles. The Kier molecular flexibility index (Phi) is 4.60. The minimum absolute atomic E-state index is 0.380. The van der Waals surface area contributed by atoms with Gasteiger partial charge in [0.05, 0.1) is 9.52 Å². The molecule has 0 atom stereocenters. The first-order valence-corrected chi connectivity index (χ1v) is 8.01. The summed E-state index contributed by atoms with van der Waals surface area (Å²) < 4.78 is 0. The normalized spacial score (nSPS) is 12.2. The van der Waals surface area contributed by atoms with E-state index in [0.29, 0.717) is 0 Å². The molecule has 0 aliphatic carbocycles. The Morgan fingerprint density at radius 1 is 0.941 bits per heavy atom. The standard InChI is InChI=1S/C15H15ClSi/c16-12-17-15(14-9-5-2-6-10-14)11-13-7-3-1-4-8-13/h1-11H,12,17H2. The van der Waals surface area contributed by atoms with E-state index >= 15 is 0 Å². The third-order valence-corrected chi connectivity index (χ3v) is 4.56. The Balaban J connectivity index is 2.33. The summed E-state index contributed by atoms with van der Waals surface area (Å²) >= 11 is 5.93. The zero-order valence-electron chi connectivity index (χ0n) is 9.64. The summed E-state index contributed by atoms with van der Waals surface area (Å²) in [4.78, 5) is 0. The molecule has 17 heavy (non-hydrogen) atoms. The van der Waals surface area contributed by atoms with Gasteiger partial charge in [0.2, 0.25) is 0 Å². The Morgan fingerprint density at radius 2 is 1.53 bits per heavy atom. The molecule has 2 aromatic carbocycles. The first-order chi connectivity index (χ1) is 8.40. The summed E-state index contributed by atoms with van der Waals surface area (Å²) in [5, 5.41) is 1.42. The molecule has 0 aliphatic rings. The minimum Gasteiger partial charge on any atom is -0.130 e. The highest BCUT2D eigenvalue weighted by Gasteiger charge is 2.01. The van der Waals surface area contributed by atoms with Gasteiger partial charge >= 0.3 is 0 Å². The topological polar surface area (TPSA) is 0 Å². The highest BCUT2D eigenvalue weighted by molar-refractivity contribution is 6.69. The molecular formula is C15H15ClSi. The van der Waals surface area contributed by atoms with Crippen LogP contribution in [0.2, 0.25) is 0 Å². The number of halogens is 1. The van der Waals surface area contributed by atoms with Crippen molar-refractivity contribution >= 4 is 32.4 Å². The van der Waals surface area contributed by atoms with Crippen molar-refractivity contribution in [2.24, 2.45) is 0 Å². The first-order valence-electron chi connectivity index (χ1n) is 5.77. The van der Waals surface area contributed by atoms with Gasteiger partial charge in [-0.2, -0.15) is 0 Å². The highest BCUT2D eigenvalue weighted by atomic mass is 35.5. The van der Waals surface area contributed by atoms with E-state index in [9.17, 15) is 0 Å². The zero-order chi connectivity index (χ0) is 11.9. The lowest BCUT2D eigenvalue weighted by molar-refractivity contribution is 1.63. The van der Waals surface area contributed by atoms with Crippen molar-refractivity contribution < 1.29 is 0 Å². The van der Waals surface area contributed by atoms with Crippen LogP contribution in [0.4, 0.5) is 0 Å². The first kappa shape index (κ1) is 12.2. The maximum absolute atomic E-state index is 5.93. The lowest BCUT2D eigenvalue weighted by atomic mass is 10.1. The van der Waals surface area contributed by atoms with E-state index in [0.717, 1.165) is 5.50 Å². The molecule has 0 radical (unpaired) electrons. The zero-order valence-corrected chi connectivity index (χ0v) is 11.8. The smallest absolute Gasteiger partial charge is 0.0722 e. The van der Waals surface area contributed by atoms with Crippen molar-refractivity contribution in [2.45, 2.75) is 0 Å². The van der Waals surface area contributed by atoms with Gasteiger partial charge in [-0.05, 0) is 11.1 Å². The molecule has 0 nitrogen and oxygen atoms in total. The van der Waals surface area contributed by atoms with Crippen molar-refractivity contribution in [3.05, 3.63) is 71.8 Å². The van der Waals surface area contributed by atoms with Gasteiger partial charge in [0.25, 0.3) is 0 Å². The van der Waals surface area contributed by atoms with E-state index in [1.54, 1.807) is 0 Å². The van der Waals surface area contributed by atoms with Crippen molar-refractivity contribution in [3.63, 3.8) is 0 Å². The summed E-state index contributed by atoms with van der Waals surface area (Å²) in [5.74, 6) is 0. The van der Waals surface area contributed by atoms with Crippen LogP contribution < -0.4 is 0 Å². The molecule has 0 aliphatic heterocycles. The van der Waals surface area contributed by atoms with Crippen LogP contribution in [0.5, 0.6) is 0 Å². The SMILES string of the molecule is ClC[SiH2]C(=Cc1ccccc1)c1ccccc1. The van der Waals surface area contributed by atoms with Crippen LogP contribution in [0, 0.1) is 0 Å². The van der Waals surface area contributed by atoms with Crippen molar-refractivity contribution in [1.82, 2.24) is 0 Å². The second-order valence-corrected chi connectivity index (χ2v) is 6.66. The monoisotopic (exact) mass is 258 g/mol. The van der Waals surface area contributed by atoms with E-state index in [-0.39, 0.29) is 9.52 Å². The number of hydrogen-bond donors (Lipinski definition) is 0. The summed E-state index contributed by atoms with van der Waals surface area (Å²) in [5.41, 5.74) is 3.35. The Labute approximate surface area is 110 Å². The lowest BCUT2D eigenvalue weighted by Gasteiger charge is -2.05. The Hall–Kier alpha value is -1.31. The number of hydrogen-bond acceptors (Lipinski definition) is 0. The summed E-state index contributed by atoms with van der Waals surface area (Å²) in [6, 6.07) is 21.0. The maximum atomic E-state index is 5.93. The molecule has 2 rings (SSSR count). The van der Waals surface area contributed by atoms with Crippen LogP contribution in [0.3, 0.4) is 0 Å². The minimum atomic E-state index is -0.380. The lowest BCUT2D eigenvalue weighted by Crippen LogP contribution is -1.97. The van der Waals surface area contributed by atoms with Crippen LogP contribution in [-0.2, 0) is 0 Å². The molecular weight excluding hydrogens is 244 g/mol. The Morgan fingerprint density at radius 3 is 2.12 bits per heavy atom. The van der Waals surface area contributed by atoms with Gasteiger partial charge in [-0.15, -0.1) is 11.6 Å². The summed E-state index contributed by atoms with van der Waals surface area (Å²) in [7, 11) is -0.380. The van der Waals surface area contributed by atoms with Gasteiger partial charge in [-0.3, -0.25) is 0 Å². The average molecular weight is 259 g/mol. The summed E-state index contributed by atoms with van der Waals surface area (Å²) in [6.45, 7) is 0. The van der Waals surface area contributed by atoms with E-state index in [4.69, 9.17) is 11.6 Å². The molecule has 0 N–H and O–H groups in total. The molecule has 0 spiro atoms. The van der Waals surface area contributed by atoms with E-state index in [2.05, 4.69) is 54.6 Å². The van der Waals surface area contributed by atoms with E-state index < -0.39 is 0 Å².